The van der Waals surface area contributed by atoms with E-state index in [0.717, 1.165) is 11.3 Å². The fraction of sp³-hybridized carbons (Fsp3) is 0.333. The molecule has 0 fully saturated rings. The Balaban J connectivity index is 1.91. The summed E-state index contributed by atoms with van der Waals surface area (Å²) >= 11 is 0. The summed E-state index contributed by atoms with van der Waals surface area (Å²) in [5.41, 5.74) is 1.12. The van der Waals surface area contributed by atoms with Crippen molar-refractivity contribution < 1.29 is 14.3 Å². The molecule has 0 aliphatic heterocycles. The molecule has 0 saturated carbocycles. The Bertz CT molecular complexity index is 496. The first-order valence-electron chi connectivity index (χ1n) is 6.29. The van der Waals surface area contributed by atoms with E-state index in [9.17, 15) is 5.11 Å². The highest BCUT2D eigenvalue weighted by atomic mass is 16.5. The summed E-state index contributed by atoms with van der Waals surface area (Å²) in [4.78, 5) is 0. The van der Waals surface area contributed by atoms with Gasteiger partial charge in [0.25, 0.3) is 0 Å². The average Bonchev–Trinajstić information content (AvgIpc) is 2.98. The quantitative estimate of drug-likeness (QED) is 0.839. The smallest absolute Gasteiger partial charge is 0.133 e. The lowest BCUT2D eigenvalue weighted by molar-refractivity contribution is 0.144. The van der Waals surface area contributed by atoms with Crippen molar-refractivity contribution in [3.63, 3.8) is 0 Å². The first-order valence-corrected chi connectivity index (χ1v) is 6.29. The molecule has 0 bridgehead atoms. The molecule has 4 heteroatoms. The maximum absolute atomic E-state index is 9.93. The molecule has 0 aliphatic carbocycles. The molecule has 0 radical (unpaired) electrons. The average molecular weight is 261 g/mol. The zero-order valence-corrected chi connectivity index (χ0v) is 11.2. The van der Waals surface area contributed by atoms with E-state index in [-0.39, 0.29) is 6.04 Å². The molecular weight excluding hydrogens is 242 g/mol. The second-order valence-corrected chi connectivity index (χ2v) is 4.44. The zero-order valence-electron chi connectivity index (χ0n) is 11.2. The van der Waals surface area contributed by atoms with E-state index >= 15 is 0 Å². The standard InChI is InChI=1S/C15H19NO3/c1-11(12-5-3-6-13(9-12)18-2)16-10-14(17)15-7-4-8-19-15/h3-9,11,14,16-17H,10H2,1-2H3/t11-,14?/m0/s1. The minimum atomic E-state index is -0.636. The van der Waals surface area contributed by atoms with Gasteiger partial charge in [0, 0.05) is 12.6 Å². The summed E-state index contributed by atoms with van der Waals surface area (Å²) in [5.74, 6) is 1.41. The number of hydrogen-bond donors (Lipinski definition) is 2. The van der Waals surface area contributed by atoms with Gasteiger partial charge in [0.2, 0.25) is 0 Å². The molecule has 0 aliphatic rings. The molecule has 1 aromatic carbocycles. The number of hydrogen-bond acceptors (Lipinski definition) is 4. The van der Waals surface area contributed by atoms with Gasteiger partial charge < -0.3 is 19.6 Å². The number of aliphatic hydroxyl groups is 1. The van der Waals surface area contributed by atoms with Gasteiger partial charge in [0.15, 0.2) is 0 Å². The van der Waals surface area contributed by atoms with Gasteiger partial charge in [-0.1, -0.05) is 12.1 Å². The van der Waals surface area contributed by atoms with Crippen molar-refractivity contribution in [3.8, 4) is 5.75 Å². The van der Waals surface area contributed by atoms with Crippen LogP contribution in [0.25, 0.3) is 0 Å². The molecular formula is C15H19NO3. The first kappa shape index (κ1) is 13.6. The topological polar surface area (TPSA) is 54.6 Å². The molecule has 0 amide bonds. The van der Waals surface area contributed by atoms with E-state index in [0.29, 0.717) is 12.3 Å². The normalized spacial score (nSPS) is 14.1. The highest BCUT2D eigenvalue weighted by Gasteiger charge is 2.12. The van der Waals surface area contributed by atoms with E-state index < -0.39 is 6.10 Å². The molecule has 0 spiro atoms. The Morgan fingerprint density at radius 2 is 2.16 bits per heavy atom. The molecule has 102 valence electrons. The fourth-order valence-corrected chi connectivity index (χ4v) is 1.90. The SMILES string of the molecule is COc1cccc([C@H](C)NCC(O)c2ccco2)c1. The van der Waals surface area contributed by atoms with Crippen LogP contribution in [0.3, 0.4) is 0 Å². The van der Waals surface area contributed by atoms with Crippen molar-refractivity contribution in [2.24, 2.45) is 0 Å². The lowest BCUT2D eigenvalue weighted by Gasteiger charge is -2.17. The van der Waals surface area contributed by atoms with Crippen LogP contribution in [0.2, 0.25) is 0 Å². The predicted octanol–water partition coefficient (Wildman–Crippen LogP) is 2.67. The minimum Gasteiger partial charge on any atom is -0.497 e. The Morgan fingerprint density at radius 3 is 2.84 bits per heavy atom. The molecule has 1 aromatic heterocycles. The van der Waals surface area contributed by atoms with E-state index in [1.807, 2.05) is 31.2 Å². The van der Waals surface area contributed by atoms with Gasteiger partial charge in [0.1, 0.15) is 17.6 Å². The molecule has 2 rings (SSSR count). The monoisotopic (exact) mass is 261 g/mol. The number of furan rings is 1. The summed E-state index contributed by atoms with van der Waals surface area (Å²) in [7, 11) is 1.65. The highest BCUT2D eigenvalue weighted by Crippen LogP contribution is 2.19. The van der Waals surface area contributed by atoms with Crippen LogP contribution in [0, 0.1) is 0 Å². The maximum Gasteiger partial charge on any atom is 0.133 e. The van der Waals surface area contributed by atoms with E-state index in [4.69, 9.17) is 9.15 Å². The third-order valence-corrected chi connectivity index (χ3v) is 3.08. The van der Waals surface area contributed by atoms with Gasteiger partial charge in [-0.15, -0.1) is 0 Å². The van der Waals surface area contributed by atoms with Crippen LogP contribution >= 0.6 is 0 Å². The van der Waals surface area contributed by atoms with Crippen molar-refractivity contribution >= 4 is 0 Å². The number of nitrogens with one attached hydrogen (secondary N) is 1. The molecule has 2 atom stereocenters. The van der Waals surface area contributed by atoms with E-state index in [2.05, 4.69) is 5.32 Å². The zero-order chi connectivity index (χ0) is 13.7. The van der Waals surface area contributed by atoms with Crippen LogP contribution in [0.5, 0.6) is 5.75 Å². The largest absolute Gasteiger partial charge is 0.497 e. The lowest BCUT2D eigenvalue weighted by Crippen LogP contribution is -2.24. The summed E-state index contributed by atoms with van der Waals surface area (Å²) in [6.45, 7) is 2.48. The van der Waals surface area contributed by atoms with Gasteiger partial charge in [0.05, 0.1) is 13.4 Å². The number of methoxy groups -OCH3 is 1. The molecule has 0 saturated heterocycles. The van der Waals surface area contributed by atoms with Crippen molar-refractivity contribution in [1.82, 2.24) is 5.32 Å². The second kappa shape index (κ2) is 6.41. The van der Waals surface area contributed by atoms with E-state index in [1.165, 1.54) is 0 Å². The molecule has 2 aromatic rings. The number of rotatable bonds is 6. The third kappa shape index (κ3) is 3.59. The molecule has 1 heterocycles. The third-order valence-electron chi connectivity index (χ3n) is 3.08. The summed E-state index contributed by atoms with van der Waals surface area (Å²) in [5, 5.41) is 13.2. The Hall–Kier alpha value is -1.78. The molecule has 4 nitrogen and oxygen atoms in total. The summed E-state index contributed by atoms with van der Waals surface area (Å²) < 4.78 is 10.4. The van der Waals surface area contributed by atoms with Crippen molar-refractivity contribution in [2.75, 3.05) is 13.7 Å². The molecule has 2 N–H and O–H groups in total. The van der Waals surface area contributed by atoms with Crippen LogP contribution in [-0.2, 0) is 0 Å². The van der Waals surface area contributed by atoms with Crippen LogP contribution in [0.4, 0.5) is 0 Å². The van der Waals surface area contributed by atoms with Crippen molar-refractivity contribution in [3.05, 3.63) is 54.0 Å². The lowest BCUT2D eigenvalue weighted by atomic mass is 10.1. The minimum absolute atomic E-state index is 0.125. The van der Waals surface area contributed by atoms with E-state index in [1.54, 1.807) is 25.5 Å². The highest BCUT2D eigenvalue weighted by molar-refractivity contribution is 5.30. The number of ether oxygens (including phenoxy) is 1. The Morgan fingerprint density at radius 1 is 1.32 bits per heavy atom. The Labute approximate surface area is 113 Å². The molecule has 1 unspecified atom stereocenters. The second-order valence-electron chi connectivity index (χ2n) is 4.44. The summed E-state index contributed by atoms with van der Waals surface area (Å²) in [6.07, 6.45) is 0.924. The first-order chi connectivity index (χ1) is 9.20. The summed E-state index contributed by atoms with van der Waals surface area (Å²) in [6, 6.07) is 11.5. The van der Waals surface area contributed by atoms with Gasteiger partial charge in [-0.2, -0.15) is 0 Å². The van der Waals surface area contributed by atoms with Crippen LogP contribution in [0.1, 0.15) is 30.4 Å². The number of aliphatic hydroxyl groups excluding tert-OH is 1. The van der Waals surface area contributed by atoms with Gasteiger partial charge >= 0.3 is 0 Å². The number of benzene rings is 1. The van der Waals surface area contributed by atoms with Crippen LogP contribution < -0.4 is 10.1 Å². The van der Waals surface area contributed by atoms with Crippen molar-refractivity contribution in [2.45, 2.75) is 19.1 Å². The van der Waals surface area contributed by atoms with Crippen LogP contribution in [0.15, 0.2) is 47.1 Å². The fourth-order valence-electron chi connectivity index (χ4n) is 1.90. The predicted molar refractivity (Wildman–Crippen MR) is 73.1 cm³/mol. The van der Waals surface area contributed by atoms with Crippen molar-refractivity contribution in [1.29, 1.82) is 0 Å². The van der Waals surface area contributed by atoms with Gasteiger partial charge in [-0.3, -0.25) is 0 Å². The van der Waals surface area contributed by atoms with Crippen LogP contribution in [-0.4, -0.2) is 18.8 Å². The molecule has 19 heavy (non-hydrogen) atoms. The van der Waals surface area contributed by atoms with Gasteiger partial charge in [-0.05, 0) is 36.8 Å². The Kier molecular flexibility index (Phi) is 4.60. The van der Waals surface area contributed by atoms with Gasteiger partial charge in [-0.25, -0.2) is 0 Å². The maximum atomic E-state index is 9.93.